The predicted octanol–water partition coefficient (Wildman–Crippen LogP) is 2.46. The van der Waals surface area contributed by atoms with Gasteiger partial charge < -0.3 is 15.1 Å². The average Bonchev–Trinajstić information content (AvgIpc) is 3.09. The van der Waals surface area contributed by atoms with Gasteiger partial charge in [-0.2, -0.15) is 0 Å². The molecule has 1 atom stereocenters. The number of hydrogen-bond donors (Lipinski definition) is 2. The highest BCUT2D eigenvalue weighted by atomic mass is 16.3. The molecule has 4 nitrogen and oxygen atoms in total. The Labute approximate surface area is 124 Å². The molecule has 0 bridgehead atoms. The number of nitrogens with one attached hydrogen (secondary N) is 2. The van der Waals surface area contributed by atoms with E-state index in [1.807, 2.05) is 6.07 Å². The summed E-state index contributed by atoms with van der Waals surface area (Å²) in [6, 6.07) is 4.57. The van der Waals surface area contributed by atoms with Crippen LogP contribution < -0.4 is 10.6 Å². The quantitative estimate of drug-likeness (QED) is 0.908. The lowest BCUT2D eigenvalue weighted by atomic mass is 10.0. The molecule has 112 valence electrons. The van der Waals surface area contributed by atoms with Gasteiger partial charge >= 0.3 is 0 Å². The molecule has 21 heavy (non-hydrogen) atoms. The van der Waals surface area contributed by atoms with Gasteiger partial charge in [0.25, 0.3) is 0 Å². The molecule has 0 radical (unpaired) electrons. The van der Waals surface area contributed by atoms with Crippen LogP contribution in [-0.2, 0) is 11.2 Å². The Morgan fingerprint density at radius 3 is 2.95 bits per heavy atom. The normalized spacial score (nSPS) is 18.3. The van der Waals surface area contributed by atoms with Crippen LogP contribution in [0.25, 0.3) is 11.0 Å². The van der Waals surface area contributed by atoms with Crippen molar-refractivity contribution >= 4 is 16.9 Å². The van der Waals surface area contributed by atoms with Gasteiger partial charge in [0, 0.05) is 23.5 Å². The second-order valence-corrected chi connectivity index (χ2v) is 5.97. The summed E-state index contributed by atoms with van der Waals surface area (Å²) in [5.74, 6) is 0.0598. The number of carbonyl (C=O) groups is 1. The molecular formula is C17H22N2O2. The lowest BCUT2D eigenvalue weighted by Crippen LogP contribution is -2.37. The van der Waals surface area contributed by atoms with Crippen molar-refractivity contribution < 1.29 is 9.21 Å². The first kappa shape index (κ1) is 14.1. The highest BCUT2D eigenvalue weighted by Crippen LogP contribution is 2.25. The Morgan fingerprint density at radius 2 is 2.19 bits per heavy atom. The van der Waals surface area contributed by atoms with Crippen LogP contribution in [0.1, 0.15) is 29.5 Å². The number of furan rings is 1. The number of aryl methyl sites for hydroxylation is 2. The van der Waals surface area contributed by atoms with Crippen LogP contribution in [0, 0.1) is 13.8 Å². The molecule has 1 fully saturated rings. The maximum atomic E-state index is 12.1. The molecule has 2 N–H and O–H groups in total. The van der Waals surface area contributed by atoms with Gasteiger partial charge in [0.1, 0.15) is 5.58 Å². The van der Waals surface area contributed by atoms with Crippen molar-refractivity contribution in [2.75, 3.05) is 13.1 Å². The highest BCUT2D eigenvalue weighted by molar-refractivity contribution is 5.88. The van der Waals surface area contributed by atoms with E-state index in [2.05, 4.69) is 30.5 Å². The van der Waals surface area contributed by atoms with Gasteiger partial charge in [-0.05, 0) is 56.5 Å². The first-order valence-electron chi connectivity index (χ1n) is 7.61. The molecular weight excluding hydrogens is 264 g/mol. The fourth-order valence-electron chi connectivity index (χ4n) is 2.88. The molecule has 2 aromatic rings. The second kappa shape index (κ2) is 5.90. The lowest BCUT2D eigenvalue weighted by molar-refractivity contribution is -0.120. The number of carbonyl (C=O) groups excluding carboxylic acids is 1. The topological polar surface area (TPSA) is 54.3 Å². The van der Waals surface area contributed by atoms with Crippen LogP contribution in [-0.4, -0.2) is 25.0 Å². The molecule has 2 heterocycles. The lowest BCUT2D eigenvalue weighted by Gasteiger charge is -2.11. The molecule has 1 saturated heterocycles. The Balaban J connectivity index is 1.66. The second-order valence-electron chi connectivity index (χ2n) is 5.97. The van der Waals surface area contributed by atoms with Crippen LogP contribution in [0.15, 0.2) is 22.8 Å². The standard InChI is InChI=1S/C17H22N2O2/c1-11-6-15-13(10-21-16(15)7-12(11)2)8-17(20)19-9-14-4-3-5-18-14/h6-7,10,14,18H,3-5,8-9H2,1-2H3,(H,19,20). The van der Waals surface area contributed by atoms with Gasteiger partial charge in [0.15, 0.2) is 0 Å². The van der Waals surface area contributed by atoms with Gasteiger partial charge in [-0.15, -0.1) is 0 Å². The van der Waals surface area contributed by atoms with Crippen LogP contribution in [0.2, 0.25) is 0 Å². The Kier molecular flexibility index (Phi) is 3.97. The molecule has 1 amide bonds. The van der Waals surface area contributed by atoms with Gasteiger partial charge in [0.05, 0.1) is 12.7 Å². The van der Waals surface area contributed by atoms with Crippen molar-refractivity contribution in [1.82, 2.24) is 10.6 Å². The average molecular weight is 286 g/mol. The Hall–Kier alpha value is -1.81. The summed E-state index contributed by atoms with van der Waals surface area (Å²) < 4.78 is 5.57. The third-order valence-corrected chi connectivity index (χ3v) is 4.33. The Morgan fingerprint density at radius 1 is 1.38 bits per heavy atom. The summed E-state index contributed by atoms with van der Waals surface area (Å²) in [5, 5.41) is 7.44. The molecule has 3 rings (SSSR count). The summed E-state index contributed by atoms with van der Waals surface area (Å²) in [6.45, 7) is 5.92. The fraction of sp³-hybridized carbons (Fsp3) is 0.471. The molecule has 1 unspecified atom stereocenters. The zero-order chi connectivity index (χ0) is 14.8. The summed E-state index contributed by atoms with van der Waals surface area (Å²) in [4.78, 5) is 12.1. The van der Waals surface area contributed by atoms with E-state index in [4.69, 9.17) is 4.42 Å². The highest BCUT2D eigenvalue weighted by Gasteiger charge is 2.16. The zero-order valence-electron chi connectivity index (χ0n) is 12.7. The van der Waals surface area contributed by atoms with Crippen LogP contribution in [0.3, 0.4) is 0 Å². The zero-order valence-corrected chi connectivity index (χ0v) is 12.7. The first-order valence-corrected chi connectivity index (χ1v) is 7.61. The molecule has 1 aromatic heterocycles. The van der Waals surface area contributed by atoms with Crippen molar-refractivity contribution in [2.24, 2.45) is 0 Å². The first-order chi connectivity index (χ1) is 10.1. The molecule has 0 aliphatic carbocycles. The van der Waals surface area contributed by atoms with E-state index in [0.717, 1.165) is 29.5 Å². The summed E-state index contributed by atoms with van der Waals surface area (Å²) in [7, 11) is 0. The van der Waals surface area contributed by atoms with Crippen LogP contribution in [0.4, 0.5) is 0 Å². The van der Waals surface area contributed by atoms with Gasteiger partial charge in [-0.25, -0.2) is 0 Å². The molecule has 1 aliphatic rings. The number of hydrogen-bond acceptors (Lipinski definition) is 3. The van der Waals surface area contributed by atoms with Crippen LogP contribution >= 0.6 is 0 Å². The third kappa shape index (κ3) is 3.10. The van der Waals surface area contributed by atoms with Crippen molar-refractivity contribution in [3.8, 4) is 0 Å². The SMILES string of the molecule is Cc1cc2occ(CC(=O)NCC3CCCN3)c2cc1C. The number of rotatable bonds is 4. The van der Waals surface area contributed by atoms with E-state index in [9.17, 15) is 4.79 Å². The van der Waals surface area contributed by atoms with Crippen molar-refractivity contribution in [2.45, 2.75) is 39.2 Å². The summed E-state index contributed by atoms with van der Waals surface area (Å²) in [6.07, 6.45) is 4.43. The van der Waals surface area contributed by atoms with Crippen LogP contribution in [0.5, 0.6) is 0 Å². The van der Waals surface area contributed by atoms with Crippen molar-refractivity contribution in [1.29, 1.82) is 0 Å². The van der Waals surface area contributed by atoms with E-state index in [1.54, 1.807) is 6.26 Å². The minimum atomic E-state index is 0.0598. The van der Waals surface area contributed by atoms with Gasteiger partial charge in [0.2, 0.25) is 5.91 Å². The summed E-state index contributed by atoms with van der Waals surface area (Å²) in [5.41, 5.74) is 4.25. The van der Waals surface area contributed by atoms with E-state index < -0.39 is 0 Å². The largest absolute Gasteiger partial charge is 0.464 e. The number of amides is 1. The fourth-order valence-corrected chi connectivity index (χ4v) is 2.88. The number of fused-ring (bicyclic) bond motifs is 1. The van der Waals surface area contributed by atoms with E-state index >= 15 is 0 Å². The van der Waals surface area contributed by atoms with Gasteiger partial charge in [-0.1, -0.05) is 0 Å². The third-order valence-electron chi connectivity index (χ3n) is 4.33. The van der Waals surface area contributed by atoms with E-state index in [-0.39, 0.29) is 5.91 Å². The maximum Gasteiger partial charge on any atom is 0.224 e. The van der Waals surface area contributed by atoms with Gasteiger partial charge in [-0.3, -0.25) is 4.79 Å². The summed E-state index contributed by atoms with van der Waals surface area (Å²) >= 11 is 0. The minimum Gasteiger partial charge on any atom is -0.464 e. The van der Waals surface area contributed by atoms with Crippen molar-refractivity contribution in [3.63, 3.8) is 0 Å². The van der Waals surface area contributed by atoms with Crippen molar-refractivity contribution in [3.05, 3.63) is 35.1 Å². The minimum absolute atomic E-state index is 0.0598. The smallest absolute Gasteiger partial charge is 0.224 e. The molecule has 0 spiro atoms. The number of benzene rings is 1. The molecule has 0 saturated carbocycles. The molecule has 4 heteroatoms. The molecule has 1 aromatic carbocycles. The maximum absolute atomic E-state index is 12.1. The van der Waals surface area contributed by atoms with E-state index in [1.165, 1.54) is 17.5 Å². The molecule has 1 aliphatic heterocycles. The predicted molar refractivity (Wildman–Crippen MR) is 83.4 cm³/mol. The Bertz CT molecular complexity index is 654. The van der Waals surface area contributed by atoms with E-state index in [0.29, 0.717) is 19.0 Å². The monoisotopic (exact) mass is 286 g/mol.